The fraction of sp³-hybridized carbons (Fsp3) is 0.864. The fourth-order valence-electron chi connectivity index (χ4n) is 2.42. The van der Waals surface area contributed by atoms with Crippen molar-refractivity contribution in [1.29, 1.82) is 0 Å². The third kappa shape index (κ3) is 12.1. The van der Waals surface area contributed by atoms with Gasteiger partial charge in [0.1, 0.15) is 17.3 Å². The van der Waals surface area contributed by atoms with Crippen LogP contribution in [0.1, 0.15) is 61.8 Å². The summed E-state index contributed by atoms with van der Waals surface area (Å²) in [6.07, 6.45) is 1.03. The van der Waals surface area contributed by atoms with Crippen LogP contribution < -0.4 is 0 Å². The van der Waals surface area contributed by atoms with E-state index in [2.05, 4.69) is 18.7 Å². The summed E-state index contributed by atoms with van der Waals surface area (Å²) in [6.45, 7) is 19.0. The van der Waals surface area contributed by atoms with Gasteiger partial charge in [0.15, 0.2) is 0 Å². The zero-order valence-corrected chi connectivity index (χ0v) is 18.9. The van der Waals surface area contributed by atoms with Crippen molar-refractivity contribution in [2.75, 3.05) is 39.3 Å². The Hall–Kier alpha value is -1.07. The second kappa shape index (κ2) is 13.2. The van der Waals surface area contributed by atoms with E-state index in [1.54, 1.807) is 0 Å². The molecule has 0 saturated heterocycles. The summed E-state index contributed by atoms with van der Waals surface area (Å²) in [5.41, 5.74) is 0. The minimum absolute atomic E-state index is 0.0210. The highest BCUT2D eigenvalue weighted by Crippen LogP contribution is 2.07. The topological polar surface area (TPSA) is 57.7 Å². The Bertz CT molecular complexity index is 448. The van der Waals surface area contributed by atoms with Crippen LogP contribution in [0.5, 0.6) is 0 Å². The standard InChI is InChI=1S/C22H42N2O3/c1-16(2)9-10-23(13-20(25)17(3)4)11-12-24(14-21(26)18(5)6)15-22(27)19(7)8/h16-19H,9-15H2,1-8H3. The van der Waals surface area contributed by atoms with Crippen molar-refractivity contribution in [3.8, 4) is 0 Å². The zero-order valence-electron chi connectivity index (χ0n) is 18.9. The molecule has 158 valence electrons. The van der Waals surface area contributed by atoms with Crippen molar-refractivity contribution in [3.63, 3.8) is 0 Å². The predicted molar refractivity (Wildman–Crippen MR) is 112 cm³/mol. The molecule has 0 aliphatic heterocycles. The Balaban J connectivity index is 4.99. The second-order valence-corrected chi connectivity index (χ2v) is 9.03. The van der Waals surface area contributed by atoms with Gasteiger partial charge in [-0.1, -0.05) is 55.4 Å². The molecule has 0 aromatic carbocycles. The van der Waals surface area contributed by atoms with E-state index in [-0.39, 0.29) is 35.1 Å². The van der Waals surface area contributed by atoms with Crippen molar-refractivity contribution in [1.82, 2.24) is 9.80 Å². The summed E-state index contributed by atoms with van der Waals surface area (Å²) in [7, 11) is 0. The quantitative estimate of drug-likeness (QED) is 0.435. The molecule has 0 unspecified atom stereocenters. The Morgan fingerprint density at radius 1 is 0.556 bits per heavy atom. The first kappa shape index (κ1) is 25.9. The molecule has 0 aromatic rings. The van der Waals surface area contributed by atoms with Gasteiger partial charge in [-0.25, -0.2) is 0 Å². The van der Waals surface area contributed by atoms with Crippen LogP contribution in [0.2, 0.25) is 0 Å². The monoisotopic (exact) mass is 382 g/mol. The van der Waals surface area contributed by atoms with E-state index < -0.39 is 0 Å². The average molecular weight is 383 g/mol. The van der Waals surface area contributed by atoms with Crippen LogP contribution in [0.3, 0.4) is 0 Å². The number of carbonyl (C=O) groups excluding carboxylic acids is 3. The average Bonchev–Trinajstić information content (AvgIpc) is 2.55. The minimum atomic E-state index is -0.0405. The molecular formula is C22H42N2O3. The van der Waals surface area contributed by atoms with Crippen LogP contribution in [0, 0.1) is 23.7 Å². The molecule has 5 heteroatoms. The van der Waals surface area contributed by atoms with Crippen LogP contribution in [-0.4, -0.2) is 66.4 Å². The van der Waals surface area contributed by atoms with Crippen LogP contribution in [-0.2, 0) is 14.4 Å². The van der Waals surface area contributed by atoms with Gasteiger partial charge in [0.05, 0.1) is 19.6 Å². The normalized spacial score (nSPS) is 12.2. The van der Waals surface area contributed by atoms with Gasteiger partial charge in [0.25, 0.3) is 0 Å². The lowest BCUT2D eigenvalue weighted by Crippen LogP contribution is -2.43. The Morgan fingerprint density at radius 3 is 1.22 bits per heavy atom. The highest BCUT2D eigenvalue weighted by Gasteiger charge is 2.20. The van der Waals surface area contributed by atoms with Crippen molar-refractivity contribution in [3.05, 3.63) is 0 Å². The Morgan fingerprint density at radius 2 is 0.889 bits per heavy atom. The lowest BCUT2D eigenvalue weighted by atomic mass is 10.1. The van der Waals surface area contributed by atoms with Crippen molar-refractivity contribution >= 4 is 17.3 Å². The lowest BCUT2D eigenvalue weighted by Gasteiger charge is -2.28. The van der Waals surface area contributed by atoms with Gasteiger partial charge in [0, 0.05) is 30.8 Å². The summed E-state index contributed by atoms with van der Waals surface area (Å²) in [4.78, 5) is 40.8. The molecule has 0 spiro atoms. The first-order valence-electron chi connectivity index (χ1n) is 10.5. The minimum Gasteiger partial charge on any atom is -0.298 e. The van der Waals surface area contributed by atoms with E-state index in [0.29, 0.717) is 38.6 Å². The summed E-state index contributed by atoms with van der Waals surface area (Å²) in [5.74, 6) is 1.05. The molecule has 0 aromatic heterocycles. The summed E-state index contributed by atoms with van der Waals surface area (Å²) < 4.78 is 0. The lowest BCUT2D eigenvalue weighted by molar-refractivity contribution is -0.127. The Kier molecular flexibility index (Phi) is 12.6. The van der Waals surface area contributed by atoms with Gasteiger partial charge in [-0.15, -0.1) is 0 Å². The third-order valence-corrected chi connectivity index (χ3v) is 4.83. The Labute approximate surface area is 166 Å². The number of Topliss-reactive ketones (excluding diaryl/α,β-unsaturated/α-hetero) is 3. The van der Waals surface area contributed by atoms with E-state index in [1.807, 2.05) is 46.4 Å². The second-order valence-electron chi connectivity index (χ2n) is 9.03. The number of hydrogen-bond acceptors (Lipinski definition) is 5. The molecule has 0 atom stereocenters. The van der Waals surface area contributed by atoms with E-state index in [9.17, 15) is 14.4 Å². The van der Waals surface area contributed by atoms with Crippen LogP contribution in [0.4, 0.5) is 0 Å². The number of ketones is 3. The highest BCUT2D eigenvalue weighted by atomic mass is 16.1. The fourth-order valence-corrected chi connectivity index (χ4v) is 2.42. The van der Waals surface area contributed by atoms with Gasteiger partial charge < -0.3 is 0 Å². The SMILES string of the molecule is CC(C)CCN(CCN(CC(=O)C(C)C)CC(=O)C(C)C)CC(=O)C(C)C. The van der Waals surface area contributed by atoms with Crippen molar-refractivity contribution in [2.45, 2.75) is 61.8 Å². The van der Waals surface area contributed by atoms with Crippen molar-refractivity contribution in [2.24, 2.45) is 23.7 Å². The summed E-state index contributed by atoms with van der Waals surface area (Å²) in [6, 6.07) is 0. The van der Waals surface area contributed by atoms with E-state index in [1.165, 1.54) is 0 Å². The molecule has 0 saturated carbocycles. The molecule has 0 fully saturated rings. The van der Waals surface area contributed by atoms with E-state index >= 15 is 0 Å². The predicted octanol–water partition coefficient (Wildman–Crippen LogP) is 3.31. The maximum absolute atomic E-state index is 12.2. The maximum atomic E-state index is 12.2. The summed E-state index contributed by atoms with van der Waals surface area (Å²) >= 11 is 0. The van der Waals surface area contributed by atoms with Crippen LogP contribution >= 0.6 is 0 Å². The number of hydrogen-bond donors (Lipinski definition) is 0. The maximum Gasteiger partial charge on any atom is 0.149 e. The highest BCUT2D eigenvalue weighted by molar-refractivity contribution is 5.85. The third-order valence-electron chi connectivity index (χ3n) is 4.83. The van der Waals surface area contributed by atoms with Crippen LogP contribution in [0.25, 0.3) is 0 Å². The summed E-state index contributed by atoms with van der Waals surface area (Å²) in [5, 5.41) is 0. The molecule has 0 amide bonds. The molecule has 0 rings (SSSR count). The first-order chi connectivity index (χ1) is 12.4. The number of rotatable bonds is 15. The van der Waals surface area contributed by atoms with E-state index in [4.69, 9.17) is 0 Å². The zero-order chi connectivity index (χ0) is 21.1. The molecule has 0 N–H and O–H groups in total. The van der Waals surface area contributed by atoms with Gasteiger partial charge in [-0.05, 0) is 18.9 Å². The largest absolute Gasteiger partial charge is 0.298 e. The molecule has 27 heavy (non-hydrogen) atoms. The molecule has 0 bridgehead atoms. The first-order valence-corrected chi connectivity index (χ1v) is 10.5. The smallest absolute Gasteiger partial charge is 0.149 e. The molecule has 0 aliphatic carbocycles. The molecule has 0 heterocycles. The molecule has 0 radical (unpaired) electrons. The van der Waals surface area contributed by atoms with Crippen LogP contribution in [0.15, 0.2) is 0 Å². The number of nitrogens with zero attached hydrogens (tertiary/aromatic N) is 2. The molecule has 5 nitrogen and oxygen atoms in total. The van der Waals surface area contributed by atoms with E-state index in [0.717, 1.165) is 13.0 Å². The molecular weight excluding hydrogens is 340 g/mol. The van der Waals surface area contributed by atoms with Gasteiger partial charge in [-0.2, -0.15) is 0 Å². The number of carbonyl (C=O) groups is 3. The van der Waals surface area contributed by atoms with Gasteiger partial charge >= 0.3 is 0 Å². The van der Waals surface area contributed by atoms with Crippen molar-refractivity contribution < 1.29 is 14.4 Å². The van der Waals surface area contributed by atoms with Gasteiger partial charge in [0.2, 0.25) is 0 Å². The molecule has 0 aliphatic rings. The van der Waals surface area contributed by atoms with Gasteiger partial charge in [-0.3, -0.25) is 24.2 Å².